The van der Waals surface area contributed by atoms with Crippen molar-refractivity contribution in [1.29, 1.82) is 0 Å². The van der Waals surface area contributed by atoms with Crippen LogP contribution in [0.5, 0.6) is 0 Å². The average molecular weight is 420 g/mol. The molecule has 5 nitrogen and oxygen atoms in total. The van der Waals surface area contributed by atoms with Crippen LogP contribution in [0.25, 0.3) is 0 Å². The van der Waals surface area contributed by atoms with Gasteiger partial charge in [-0.3, -0.25) is 9.59 Å². The minimum atomic E-state index is -0.196. The van der Waals surface area contributed by atoms with Gasteiger partial charge in [-0.05, 0) is 34.1 Å². The number of hydrogen-bond donors (Lipinski definition) is 1. The monoisotopic (exact) mass is 418 g/mol. The van der Waals surface area contributed by atoms with Crippen LogP contribution in [0.3, 0.4) is 0 Å². The highest BCUT2D eigenvalue weighted by Crippen LogP contribution is 2.21. The van der Waals surface area contributed by atoms with Crippen molar-refractivity contribution >= 4 is 43.7 Å². The molecule has 0 saturated carbocycles. The van der Waals surface area contributed by atoms with Crippen molar-refractivity contribution in [3.8, 4) is 0 Å². The molecule has 0 aliphatic carbocycles. The molecule has 2 amide bonds. The second-order valence-corrected chi connectivity index (χ2v) is 6.39. The van der Waals surface area contributed by atoms with E-state index in [2.05, 4.69) is 37.2 Å². The zero-order chi connectivity index (χ0) is 15.2. The Morgan fingerprint density at radius 3 is 2.67 bits per heavy atom. The third-order valence-corrected chi connectivity index (χ3v) is 4.35. The number of amides is 2. The maximum Gasteiger partial charge on any atom is 0.252 e. The number of nitrogens with one attached hydrogen (secondary N) is 1. The number of benzene rings is 1. The summed E-state index contributed by atoms with van der Waals surface area (Å²) in [6, 6.07) is 5.39. The fraction of sp³-hybridized carbons (Fsp3) is 0.429. The Morgan fingerprint density at radius 1 is 1.24 bits per heavy atom. The Bertz CT molecular complexity index is 531. The van der Waals surface area contributed by atoms with Crippen molar-refractivity contribution < 1.29 is 14.3 Å². The lowest BCUT2D eigenvalue weighted by molar-refractivity contribution is -0.135. The van der Waals surface area contributed by atoms with Crippen LogP contribution in [0.2, 0.25) is 0 Å². The molecule has 1 aliphatic rings. The number of nitrogens with zero attached hydrogens (tertiary/aromatic N) is 1. The fourth-order valence-corrected chi connectivity index (χ4v) is 2.81. The molecule has 0 bridgehead atoms. The molecule has 2 rings (SSSR count). The van der Waals surface area contributed by atoms with Crippen LogP contribution < -0.4 is 5.32 Å². The lowest BCUT2D eigenvalue weighted by atomic mass is 10.2. The standard InChI is InChI=1S/C14H16Br2N2O3/c15-10-1-2-12(16)11(9-10)14(20)17-4-3-13(19)18-5-7-21-8-6-18/h1-2,9H,3-8H2,(H,17,20). The first-order chi connectivity index (χ1) is 10.1. The molecule has 1 fully saturated rings. The first kappa shape index (κ1) is 16.5. The highest BCUT2D eigenvalue weighted by molar-refractivity contribution is 9.11. The van der Waals surface area contributed by atoms with Crippen LogP contribution in [-0.4, -0.2) is 49.6 Å². The predicted octanol–water partition coefficient (Wildman–Crippen LogP) is 2.19. The molecular weight excluding hydrogens is 404 g/mol. The van der Waals surface area contributed by atoms with Gasteiger partial charge in [-0.25, -0.2) is 0 Å². The maximum atomic E-state index is 12.1. The third kappa shape index (κ3) is 4.79. The van der Waals surface area contributed by atoms with Gasteiger partial charge < -0.3 is 15.0 Å². The molecule has 1 aromatic rings. The van der Waals surface area contributed by atoms with Crippen molar-refractivity contribution in [3.05, 3.63) is 32.7 Å². The average Bonchev–Trinajstić information content (AvgIpc) is 2.50. The summed E-state index contributed by atoms with van der Waals surface area (Å²) in [4.78, 5) is 25.8. The summed E-state index contributed by atoms with van der Waals surface area (Å²) in [6.45, 7) is 2.76. The summed E-state index contributed by atoms with van der Waals surface area (Å²) < 4.78 is 6.76. The Labute approximate surface area is 140 Å². The summed E-state index contributed by atoms with van der Waals surface area (Å²) in [5, 5.41) is 2.77. The van der Waals surface area contributed by atoms with Crippen LogP contribution >= 0.6 is 31.9 Å². The second kappa shape index (κ2) is 7.91. The Hall–Kier alpha value is -0.920. The van der Waals surface area contributed by atoms with E-state index in [1.807, 2.05) is 6.07 Å². The lowest BCUT2D eigenvalue weighted by Gasteiger charge is -2.26. The van der Waals surface area contributed by atoms with Gasteiger partial charge >= 0.3 is 0 Å². The van der Waals surface area contributed by atoms with Gasteiger partial charge in [-0.1, -0.05) is 15.9 Å². The lowest BCUT2D eigenvalue weighted by Crippen LogP contribution is -2.42. The van der Waals surface area contributed by atoms with E-state index in [9.17, 15) is 9.59 Å². The van der Waals surface area contributed by atoms with Gasteiger partial charge in [0, 0.05) is 35.0 Å². The Kier molecular flexibility index (Phi) is 6.20. The van der Waals surface area contributed by atoms with Crippen molar-refractivity contribution in [2.24, 2.45) is 0 Å². The number of morpholine rings is 1. The highest BCUT2D eigenvalue weighted by atomic mass is 79.9. The quantitative estimate of drug-likeness (QED) is 0.813. The van der Waals surface area contributed by atoms with Crippen molar-refractivity contribution in [2.45, 2.75) is 6.42 Å². The minimum Gasteiger partial charge on any atom is -0.378 e. The summed E-state index contributed by atoms with van der Waals surface area (Å²) in [6.07, 6.45) is 0.303. The van der Waals surface area contributed by atoms with Crippen LogP contribution in [-0.2, 0) is 9.53 Å². The zero-order valence-electron chi connectivity index (χ0n) is 11.4. The molecule has 0 aromatic heterocycles. The van der Waals surface area contributed by atoms with E-state index in [-0.39, 0.29) is 11.8 Å². The highest BCUT2D eigenvalue weighted by Gasteiger charge is 2.17. The van der Waals surface area contributed by atoms with E-state index in [1.54, 1.807) is 17.0 Å². The predicted molar refractivity (Wildman–Crippen MR) is 86.2 cm³/mol. The van der Waals surface area contributed by atoms with E-state index in [1.165, 1.54) is 0 Å². The topological polar surface area (TPSA) is 58.6 Å². The number of ether oxygens (including phenoxy) is 1. The third-order valence-electron chi connectivity index (χ3n) is 3.16. The van der Waals surface area contributed by atoms with E-state index in [0.29, 0.717) is 44.8 Å². The number of halogens is 2. The first-order valence-corrected chi connectivity index (χ1v) is 8.25. The van der Waals surface area contributed by atoms with E-state index in [4.69, 9.17) is 4.74 Å². The molecule has 0 spiro atoms. The molecule has 7 heteroatoms. The van der Waals surface area contributed by atoms with E-state index in [0.717, 1.165) is 8.95 Å². The van der Waals surface area contributed by atoms with Gasteiger partial charge in [0.2, 0.25) is 5.91 Å². The molecule has 0 radical (unpaired) electrons. The van der Waals surface area contributed by atoms with Gasteiger partial charge in [0.05, 0.1) is 18.8 Å². The van der Waals surface area contributed by atoms with Crippen LogP contribution in [0.1, 0.15) is 16.8 Å². The number of carbonyl (C=O) groups is 2. The number of rotatable bonds is 4. The van der Waals surface area contributed by atoms with Gasteiger partial charge in [-0.2, -0.15) is 0 Å². The molecule has 21 heavy (non-hydrogen) atoms. The molecule has 114 valence electrons. The molecule has 0 unspecified atom stereocenters. The van der Waals surface area contributed by atoms with Crippen LogP contribution in [0, 0.1) is 0 Å². The summed E-state index contributed by atoms with van der Waals surface area (Å²) in [5.74, 6) is -0.148. The van der Waals surface area contributed by atoms with Crippen LogP contribution in [0.4, 0.5) is 0 Å². The van der Waals surface area contributed by atoms with Gasteiger partial charge in [0.25, 0.3) is 5.91 Å². The minimum absolute atomic E-state index is 0.0481. The summed E-state index contributed by atoms with van der Waals surface area (Å²) >= 11 is 6.68. The van der Waals surface area contributed by atoms with Crippen LogP contribution in [0.15, 0.2) is 27.1 Å². The van der Waals surface area contributed by atoms with Gasteiger partial charge in [0.1, 0.15) is 0 Å². The number of hydrogen-bond acceptors (Lipinski definition) is 3. The van der Waals surface area contributed by atoms with Gasteiger partial charge in [-0.15, -0.1) is 0 Å². The summed E-state index contributed by atoms with van der Waals surface area (Å²) in [7, 11) is 0. The second-order valence-electron chi connectivity index (χ2n) is 4.62. The van der Waals surface area contributed by atoms with Crippen molar-refractivity contribution in [3.63, 3.8) is 0 Å². The maximum absolute atomic E-state index is 12.1. The van der Waals surface area contributed by atoms with E-state index >= 15 is 0 Å². The fourth-order valence-electron chi connectivity index (χ4n) is 2.02. The molecule has 1 heterocycles. The normalized spacial score (nSPS) is 14.9. The molecule has 1 aromatic carbocycles. The Morgan fingerprint density at radius 2 is 1.95 bits per heavy atom. The first-order valence-electron chi connectivity index (χ1n) is 6.66. The van der Waals surface area contributed by atoms with Crippen molar-refractivity contribution in [2.75, 3.05) is 32.8 Å². The van der Waals surface area contributed by atoms with Crippen molar-refractivity contribution in [1.82, 2.24) is 10.2 Å². The Balaban J connectivity index is 1.81. The SMILES string of the molecule is O=C(NCCC(=O)N1CCOCC1)c1cc(Br)ccc1Br. The molecular formula is C14H16Br2N2O3. The van der Waals surface area contributed by atoms with Gasteiger partial charge in [0.15, 0.2) is 0 Å². The molecule has 0 atom stereocenters. The smallest absolute Gasteiger partial charge is 0.252 e. The zero-order valence-corrected chi connectivity index (χ0v) is 14.6. The number of carbonyl (C=O) groups excluding carboxylic acids is 2. The molecule has 1 saturated heterocycles. The largest absolute Gasteiger partial charge is 0.378 e. The molecule has 1 N–H and O–H groups in total. The van der Waals surface area contributed by atoms with E-state index < -0.39 is 0 Å². The molecule has 1 aliphatic heterocycles. The summed E-state index contributed by atoms with van der Waals surface area (Å²) in [5.41, 5.74) is 0.545.